The van der Waals surface area contributed by atoms with Crippen molar-refractivity contribution in [1.82, 2.24) is 30.8 Å². The van der Waals surface area contributed by atoms with E-state index in [1.54, 1.807) is 0 Å². The highest BCUT2D eigenvalue weighted by molar-refractivity contribution is 5.89. The molecule has 2 rings (SSSR count). The van der Waals surface area contributed by atoms with Crippen LogP contribution in [0.15, 0.2) is 0 Å². The lowest BCUT2D eigenvalue weighted by molar-refractivity contribution is 0.0929. The lowest BCUT2D eigenvalue weighted by Crippen LogP contribution is -2.41. The van der Waals surface area contributed by atoms with Crippen molar-refractivity contribution in [3.8, 4) is 0 Å². The maximum Gasteiger partial charge on any atom is 0.292 e. The van der Waals surface area contributed by atoms with Crippen LogP contribution in [0.4, 0.5) is 0 Å². The summed E-state index contributed by atoms with van der Waals surface area (Å²) < 4.78 is 0. The molecule has 0 bridgehead atoms. The Kier molecular flexibility index (Phi) is 3.14. The summed E-state index contributed by atoms with van der Waals surface area (Å²) in [7, 11) is 2.09. The van der Waals surface area contributed by atoms with Crippen molar-refractivity contribution in [2.24, 2.45) is 0 Å². The molecule has 7 heteroatoms. The lowest BCUT2D eigenvalue weighted by atomic mass is 10.3. The second kappa shape index (κ2) is 4.56. The zero-order valence-corrected chi connectivity index (χ0v) is 9.47. The highest BCUT2D eigenvalue weighted by Gasteiger charge is 2.29. The van der Waals surface area contributed by atoms with Crippen molar-refractivity contribution in [1.29, 1.82) is 0 Å². The van der Waals surface area contributed by atoms with Gasteiger partial charge >= 0.3 is 0 Å². The van der Waals surface area contributed by atoms with Gasteiger partial charge in [0, 0.05) is 18.6 Å². The molecule has 2 N–H and O–H groups in total. The normalized spacial score (nSPS) is 17.4. The molecular weight excluding hydrogens is 208 g/mol. The van der Waals surface area contributed by atoms with Crippen LogP contribution in [0.5, 0.6) is 0 Å². The van der Waals surface area contributed by atoms with Crippen molar-refractivity contribution in [3.05, 3.63) is 5.82 Å². The van der Waals surface area contributed by atoms with E-state index in [0.717, 1.165) is 0 Å². The number of hydrogen-bond acceptors (Lipinski definition) is 5. The second-order valence-corrected chi connectivity index (χ2v) is 4.19. The average molecular weight is 224 g/mol. The van der Waals surface area contributed by atoms with E-state index in [-0.39, 0.29) is 11.7 Å². The summed E-state index contributed by atoms with van der Waals surface area (Å²) in [6, 6.07) is 1.01. The molecule has 0 spiro atoms. The molecule has 1 atom stereocenters. The van der Waals surface area contributed by atoms with Gasteiger partial charge in [0.15, 0.2) is 0 Å². The van der Waals surface area contributed by atoms with E-state index in [9.17, 15) is 4.79 Å². The van der Waals surface area contributed by atoms with Crippen molar-refractivity contribution in [3.63, 3.8) is 0 Å². The first-order valence-corrected chi connectivity index (χ1v) is 5.42. The summed E-state index contributed by atoms with van der Waals surface area (Å²) in [5.74, 6) is -0.203. The number of H-pyrrole nitrogens is 1. The van der Waals surface area contributed by atoms with Crippen molar-refractivity contribution >= 4 is 5.91 Å². The summed E-state index contributed by atoms with van der Waals surface area (Å²) in [4.78, 5) is 13.8. The van der Waals surface area contributed by atoms with Crippen LogP contribution in [0.25, 0.3) is 0 Å². The van der Waals surface area contributed by atoms with E-state index in [4.69, 9.17) is 0 Å². The first kappa shape index (κ1) is 11.0. The van der Waals surface area contributed by atoms with Crippen LogP contribution < -0.4 is 5.32 Å². The molecule has 1 amide bonds. The van der Waals surface area contributed by atoms with E-state index in [1.807, 2.05) is 0 Å². The van der Waals surface area contributed by atoms with Gasteiger partial charge in [-0.1, -0.05) is 0 Å². The van der Waals surface area contributed by atoms with Crippen molar-refractivity contribution in [2.75, 3.05) is 13.6 Å². The summed E-state index contributed by atoms with van der Waals surface area (Å²) in [5.41, 5.74) is 0. The van der Waals surface area contributed by atoms with Gasteiger partial charge in [-0.05, 0) is 32.0 Å². The monoisotopic (exact) mass is 224 g/mol. The van der Waals surface area contributed by atoms with Gasteiger partial charge in [0.1, 0.15) is 0 Å². The molecule has 1 saturated carbocycles. The number of likely N-dealkylation sites (N-methyl/N-ethyl adjacent to an activating group) is 1. The lowest BCUT2D eigenvalue weighted by Gasteiger charge is -2.24. The molecule has 1 fully saturated rings. The zero-order chi connectivity index (χ0) is 11.5. The van der Waals surface area contributed by atoms with Crippen LogP contribution in [0.2, 0.25) is 0 Å². The fourth-order valence-corrected chi connectivity index (χ4v) is 1.56. The second-order valence-electron chi connectivity index (χ2n) is 4.19. The van der Waals surface area contributed by atoms with E-state index in [2.05, 4.69) is 44.8 Å². The molecule has 1 aromatic heterocycles. The van der Waals surface area contributed by atoms with Gasteiger partial charge in [-0.25, -0.2) is 0 Å². The minimum Gasteiger partial charge on any atom is -0.348 e. The summed E-state index contributed by atoms with van der Waals surface area (Å²) in [6.45, 7) is 2.69. The fourth-order valence-electron chi connectivity index (χ4n) is 1.56. The van der Waals surface area contributed by atoms with Crippen LogP contribution in [-0.4, -0.2) is 57.1 Å². The minimum atomic E-state index is -0.287. The topological polar surface area (TPSA) is 86.8 Å². The Morgan fingerprint density at radius 3 is 3.00 bits per heavy atom. The molecule has 1 aliphatic rings. The summed E-state index contributed by atoms with van der Waals surface area (Å²) in [6.07, 6.45) is 2.53. The van der Waals surface area contributed by atoms with Gasteiger partial charge in [-0.15, -0.1) is 10.2 Å². The summed E-state index contributed by atoms with van der Waals surface area (Å²) in [5, 5.41) is 15.6. The van der Waals surface area contributed by atoms with E-state index in [1.165, 1.54) is 12.8 Å². The Hall–Kier alpha value is -1.50. The molecule has 0 aromatic carbocycles. The molecule has 88 valence electrons. The Morgan fingerprint density at radius 1 is 1.69 bits per heavy atom. The number of aromatic nitrogens is 4. The van der Waals surface area contributed by atoms with E-state index < -0.39 is 0 Å². The smallest absolute Gasteiger partial charge is 0.292 e. The largest absolute Gasteiger partial charge is 0.348 e. The molecule has 7 nitrogen and oxygen atoms in total. The van der Waals surface area contributed by atoms with Gasteiger partial charge < -0.3 is 5.32 Å². The van der Waals surface area contributed by atoms with Crippen molar-refractivity contribution < 1.29 is 4.79 Å². The Morgan fingerprint density at radius 2 is 2.44 bits per heavy atom. The predicted molar refractivity (Wildman–Crippen MR) is 56.8 cm³/mol. The minimum absolute atomic E-state index is 0.0845. The third kappa shape index (κ3) is 2.54. The molecule has 16 heavy (non-hydrogen) atoms. The number of hydrogen-bond donors (Lipinski definition) is 2. The maximum atomic E-state index is 11.5. The number of nitrogens with one attached hydrogen (secondary N) is 2. The van der Waals surface area contributed by atoms with Gasteiger partial charge in [-0.3, -0.25) is 9.69 Å². The van der Waals surface area contributed by atoms with Gasteiger partial charge in [0.05, 0.1) is 0 Å². The quantitative estimate of drug-likeness (QED) is 0.698. The Balaban J connectivity index is 1.76. The third-order valence-corrected chi connectivity index (χ3v) is 2.92. The predicted octanol–water partition coefficient (Wildman–Crippen LogP) is -0.588. The van der Waals surface area contributed by atoms with E-state index in [0.29, 0.717) is 18.6 Å². The first-order chi connectivity index (χ1) is 7.68. The number of carbonyl (C=O) groups is 1. The van der Waals surface area contributed by atoms with Crippen molar-refractivity contribution in [2.45, 2.75) is 31.8 Å². The summed E-state index contributed by atoms with van der Waals surface area (Å²) >= 11 is 0. The van der Waals surface area contributed by atoms with E-state index >= 15 is 0 Å². The molecular formula is C9H16N6O. The number of tetrazole rings is 1. The average Bonchev–Trinajstić information content (AvgIpc) is 2.99. The Bertz CT molecular complexity index is 347. The zero-order valence-electron chi connectivity index (χ0n) is 9.47. The number of amides is 1. The highest BCUT2D eigenvalue weighted by Crippen LogP contribution is 2.26. The van der Waals surface area contributed by atoms with Crippen LogP contribution in [0.3, 0.4) is 0 Å². The number of aromatic amines is 1. The SMILES string of the molecule is CC(CNC(=O)c1nn[nH]n1)N(C)C1CC1. The molecule has 0 aliphatic heterocycles. The van der Waals surface area contributed by atoms with Gasteiger partial charge in [0.2, 0.25) is 0 Å². The molecule has 1 aliphatic carbocycles. The van der Waals surface area contributed by atoms with Crippen LogP contribution >= 0.6 is 0 Å². The number of rotatable bonds is 5. The first-order valence-electron chi connectivity index (χ1n) is 5.42. The molecule has 0 radical (unpaired) electrons. The van der Waals surface area contributed by atoms with Gasteiger partial charge in [-0.2, -0.15) is 5.21 Å². The maximum absolute atomic E-state index is 11.5. The third-order valence-electron chi connectivity index (χ3n) is 2.92. The van der Waals surface area contributed by atoms with Crippen LogP contribution in [0, 0.1) is 0 Å². The van der Waals surface area contributed by atoms with Crippen LogP contribution in [0.1, 0.15) is 30.4 Å². The fraction of sp³-hybridized carbons (Fsp3) is 0.778. The number of nitrogens with zero attached hydrogens (tertiary/aromatic N) is 4. The molecule has 1 heterocycles. The highest BCUT2D eigenvalue weighted by atomic mass is 16.2. The standard InChI is InChI=1S/C9H16N6O/c1-6(15(2)7-3-4-7)5-10-9(16)8-11-13-14-12-8/h6-7H,3-5H2,1-2H3,(H,10,16)(H,11,12,13,14). The van der Waals surface area contributed by atoms with Crippen LogP contribution in [-0.2, 0) is 0 Å². The number of carbonyl (C=O) groups excluding carboxylic acids is 1. The van der Waals surface area contributed by atoms with Gasteiger partial charge in [0.25, 0.3) is 11.7 Å². The molecule has 1 aromatic rings. The Labute approximate surface area is 93.6 Å². The molecule has 0 saturated heterocycles. The molecule has 1 unspecified atom stereocenters.